The van der Waals surface area contributed by atoms with E-state index in [4.69, 9.17) is 5.11 Å². The number of hydrogen-bond acceptors (Lipinski definition) is 3. The van der Waals surface area contributed by atoms with E-state index >= 15 is 0 Å². The Balaban J connectivity index is 2.30. The van der Waals surface area contributed by atoms with Gasteiger partial charge < -0.3 is 10.0 Å². The fraction of sp³-hybridized carbons (Fsp3) is 0.818. The van der Waals surface area contributed by atoms with E-state index in [2.05, 4.69) is 0 Å². The normalized spacial score (nSPS) is 18.5. The van der Waals surface area contributed by atoms with Gasteiger partial charge in [0.1, 0.15) is 0 Å². The van der Waals surface area contributed by atoms with Crippen molar-refractivity contribution in [3.05, 3.63) is 0 Å². The second-order valence-corrected chi connectivity index (χ2v) is 6.47. The predicted molar refractivity (Wildman–Crippen MR) is 65.1 cm³/mol. The Morgan fingerprint density at radius 3 is 2.35 bits per heavy atom. The van der Waals surface area contributed by atoms with Crippen molar-refractivity contribution < 1.29 is 18.9 Å². The van der Waals surface area contributed by atoms with Crippen molar-refractivity contribution >= 4 is 22.7 Å². The number of carboxylic acids is 1. The minimum atomic E-state index is -1.09. The van der Waals surface area contributed by atoms with E-state index in [1.807, 2.05) is 0 Å². The fourth-order valence-electron chi connectivity index (χ4n) is 1.71. The molecule has 1 unspecified atom stereocenters. The Morgan fingerprint density at radius 2 is 1.94 bits per heavy atom. The maximum atomic E-state index is 11.8. The highest BCUT2D eigenvalue weighted by Gasteiger charge is 2.45. The zero-order chi connectivity index (χ0) is 13.1. The van der Waals surface area contributed by atoms with Gasteiger partial charge in [-0.2, -0.15) is 0 Å². The second-order valence-electron chi connectivity index (χ2n) is 4.90. The van der Waals surface area contributed by atoms with Crippen LogP contribution in [0.4, 0.5) is 0 Å². The number of carbonyl (C=O) groups excluding carboxylic acids is 1. The summed E-state index contributed by atoms with van der Waals surface area (Å²) in [6, 6.07) is 0. The molecular formula is C11H19NO4S. The quantitative estimate of drug-likeness (QED) is 0.723. The van der Waals surface area contributed by atoms with Crippen LogP contribution in [-0.2, 0) is 20.4 Å². The van der Waals surface area contributed by atoms with E-state index < -0.39 is 16.8 Å². The summed E-state index contributed by atoms with van der Waals surface area (Å²) in [5, 5.41) is 8.73. The van der Waals surface area contributed by atoms with E-state index in [1.54, 1.807) is 14.1 Å². The molecule has 1 rings (SSSR count). The van der Waals surface area contributed by atoms with Crippen molar-refractivity contribution in [2.75, 3.05) is 25.6 Å². The third-order valence-electron chi connectivity index (χ3n) is 2.99. The zero-order valence-electron chi connectivity index (χ0n) is 10.3. The minimum absolute atomic E-state index is 0.0403. The largest absolute Gasteiger partial charge is 0.481 e. The van der Waals surface area contributed by atoms with E-state index in [-0.39, 0.29) is 24.2 Å². The number of amides is 1. The molecule has 1 amide bonds. The molecule has 1 atom stereocenters. The average molecular weight is 261 g/mol. The van der Waals surface area contributed by atoms with Crippen LogP contribution in [0, 0.1) is 5.41 Å². The molecular weight excluding hydrogens is 242 g/mol. The molecule has 0 heterocycles. The number of hydrogen-bond donors (Lipinski definition) is 1. The molecule has 0 saturated heterocycles. The molecule has 98 valence electrons. The van der Waals surface area contributed by atoms with Crippen molar-refractivity contribution in [3.63, 3.8) is 0 Å². The highest BCUT2D eigenvalue weighted by Crippen LogP contribution is 2.49. The lowest BCUT2D eigenvalue weighted by molar-refractivity contribution is -0.138. The molecule has 0 aromatic carbocycles. The lowest BCUT2D eigenvalue weighted by atomic mass is 10.1. The van der Waals surface area contributed by atoms with Gasteiger partial charge in [-0.05, 0) is 18.3 Å². The Morgan fingerprint density at radius 1 is 1.35 bits per heavy atom. The van der Waals surface area contributed by atoms with Gasteiger partial charge >= 0.3 is 5.97 Å². The fourth-order valence-corrected chi connectivity index (χ4v) is 3.33. The Labute approximate surface area is 104 Å². The van der Waals surface area contributed by atoms with Crippen molar-refractivity contribution in [1.29, 1.82) is 0 Å². The molecule has 17 heavy (non-hydrogen) atoms. The molecule has 1 saturated carbocycles. The monoisotopic (exact) mass is 261 g/mol. The first-order valence-corrected chi connectivity index (χ1v) is 7.10. The summed E-state index contributed by atoms with van der Waals surface area (Å²) in [4.78, 5) is 23.4. The van der Waals surface area contributed by atoms with Gasteiger partial charge in [-0.3, -0.25) is 13.8 Å². The molecule has 0 radical (unpaired) electrons. The van der Waals surface area contributed by atoms with Crippen molar-refractivity contribution in [3.8, 4) is 0 Å². The summed E-state index contributed by atoms with van der Waals surface area (Å²) in [6.07, 6.45) is 2.04. The lowest BCUT2D eigenvalue weighted by Crippen LogP contribution is -2.25. The molecule has 5 nitrogen and oxygen atoms in total. The summed E-state index contributed by atoms with van der Waals surface area (Å²) < 4.78 is 11.8. The lowest BCUT2D eigenvalue weighted by Gasteiger charge is -2.13. The molecule has 0 aromatic heterocycles. The Bertz CT molecular complexity index is 336. The Hall–Kier alpha value is -0.910. The summed E-state index contributed by atoms with van der Waals surface area (Å²) in [5.41, 5.74) is -0.252. The molecule has 0 aliphatic heterocycles. The van der Waals surface area contributed by atoms with Gasteiger partial charge in [-0.1, -0.05) is 0 Å². The molecule has 0 aromatic rings. The highest BCUT2D eigenvalue weighted by molar-refractivity contribution is 7.85. The van der Waals surface area contributed by atoms with Gasteiger partial charge in [0.15, 0.2) is 0 Å². The van der Waals surface area contributed by atoms with Crippen molar-refractivity contribution in [2.45, 2.75) is 25.7 Å². The molecule has 0 spiro atoms. The first kappa shape index (κ1) is 14.2. The van der Waals surface area contributed by atoms with Crippen LogP contribution in [0.15, 0.2) is 0 Å². The topological polar surface area (TPSA) is 74.7 Å². The van der Waals surface area contributed by atoms with Gasteiger partial charge in [0.2, 0.25) is 5.91 Å². The molecule has 1 fully saturated rings. The SMILES string of the molecule is CN(C)C(=O)CCS(=O)CC1(CC(=O)O)CC1. The standard InChI is InChI=1S/C11H19NO4S/c1-12(2)9(13)3-6-17(16)8-11(4-5-11)7-10(14)15/h3-8H2,1-2H3,(H,14,15). The number of rotatable bonds is 7. The van der Waals surface area contributed by atoms with Crippen LogP contribution >= 0.6 is 0 Å². The predicted octanol–water partition coefficient (Wildman–Crippen LogP) is 0.468. The van der Waals surface area contributed by atoms with E-state index in [0.717, 1.165) is 12.8 Å². The maximum Gasteiger partial charge on any atom is 0.303 e. The summed E-state index contributed by atoms with van der Waals surface area (Å²) in [7, 11) is 2.24. The van der Waals surface area contributed by atoms with Crippen LogP contribution in [0.1, 0.15) is 25.7 Å². The molecule has 1 aliphatic carbocycles. The van der Waals surface area contributed by atoms with Gasteiger partial charge in [-0.25, -0.2) is 0 Å². The second kappa shape index (κ2) is 5.62. The van der Waals surface area contributed by atoms with Gasteiger partial charge in [0, 0.05) is 42.8 Å². The first-order valence-electron chi connectivity index (χ1n) is 5.62. The third kappa shape index (κ3) is 4.85. The molecule has 1 aliphatic rings. The van der Waals surface area contributed by atoms with E-state index in [9.17, 15) is 13.8 Å². The van der Waals surface area contributed by atoms with Crippen molar-refractivity contribution in [1.82, 2.24) is 4.90 Å². The summed E-state index contributed by atoms with van der Waals surface area (Å²) >= 11 is 0. The van der Waals surface area contributed by atoms with E-state index in [1.165, 1.54) is 4.90 Å². The maximum absolute atomic E-state index is 11.8. The number of carbonyl (C=O) groups is 2. The Kier molecular flexibility index (Phi) is 4.68. The van der Waals surface area contributed by atoms with Gasteiger partial charge in [0.05, 0.1) is 6.42 Å². The summed E-state index contributed by atoms with van der Waals surface area (Å²) in [6.45, 7) is 0. The van der Waals surface area contributed by atoms with Crippen LogP contribution in [0.2, 0.25) is 0 Å². The average Bonchev–Trinajstić information content (AvgIpc) is 2.92. The molecule has 0 bridgehead atoms. The van der Waals surface area contributed by atoms with E-state index in [0.29, 0.717) is 11.5 Å². The van der Waals surface area contributed by atoms with Gasteiger partial charge in [-0.15, -0.1) is 0 Å². The van der Waals surface area contributed by atoms with Crippen LogP contribution < -0.4 is 0 Å². The number of aliphatic carboxylic acids is 1. The van der Waals surface area contributed by atoms with Crippen LogP contribution in [-0.4, -0.2) is 51.7 Å². The molecule has 6 heteroatoms. The number of carboxylic acid groups (broad SMARTS) is 1. The van der Waals surface area contributed by atoms with Crippen LogP contribution in [0.25, 0.3) is 0 Å². The highest BCUT2D eigenvalue weighted by atomic mass is 32.2. The smallest absolute Gasteiger partial charge is 0.303 e. The van der Waals surface area contributed by atoms with Gasteiger partial charge in [0.25, 0.3) is 0 Å². The van der Waals surface area contributed by atoms with Crippen LogP contribution in [0.5, 0.6) is 0 Å². The van der Waals surface area contributed by atoms with Crippen LogP contribution in [0.3, 0.4) is 0 Å². The third-order valence-corrected chi connectivity index (χ3v) is 4.59. The minimum Gasteiger partial charge on any atom is -0.481 e. The summed E-state index contributed by atoms with van der Waals surface area (Å²) in [5.74, 6) is -0.122. The number of nitrogens with zero attached hydrogens (tertiary/aromatic N) is 1. The van der Waals surface area contributed by atoms with Crippen molar-refractivity contribution in [2.24, 2.45) is 5.41 Å². The zero-order valence-corrected chi connectivity index (χ0v) is 11.1. The first-order chi connectivity index (χ1) is 7.84. The molecule has 1 N–H and O–H groups in total.